The first kappa shape index (κ1) is 73.2. The van der Waals surface area contributed by atoms with Crippen molar-refractivity contribution in [3.8, 4) is 0 Å². The molecule has 10 atom stereocenters. The SMILES string of the molecule is NC(=O)[C@@H]1CCCCn2cc(nn2)C[C@H](NC(=O)COCCOCCOCCNC(=O)CCCC[C@H]2SC[C@H]3NC(=O)N[C@H]32)C(=O)N[C@H](CO)C(=O)N2CCC[C@@H]2C(=O)N[C@H](Cc2c[nH]c3ccccc23)C(=O)N[C@H](Cc2c[nH]c3ccccc23)C(=O)N[C@H](Cc2ccc(F)cc2)C(=O)N1. The van der Waals surface area contributed by atoms with E-state index < -0.39 is 109 Å². The minimum Gasteiger partial charge on any atom is -0.394 e. The Morgan fingerprint density at radius 2 is 1.29 bits per heavy atom. The second-order valence-electron chi connectivity index (χ2n) is 25.3. The topological polar surface area (TPSA) is 418 Å². The third kappa shape index (κ3) is 20.3. The van der Waals surface area contributed by atoms with Crippen LogP contribution in [0.15, 0.2) is 91.4 Å². The molecule has 4 aliphatic rings. The van der Waals surface area contributed by atoms with Gasteiger partial charge in [0, 0.05) is 103 Å². The summed E-state index contributed by atoms with van der Waals surface area (Å²) in [5.41, 5.74) is 9.25. The van der Waals surface area contributed by atoms with Crippen molar-refractivity contribution in [3.63, 3.8) is 0 Å². The van der Waals surface area contributed by atoms with E-state index in [9.17, 15) is 47.9 Å². The summed E-state index contributed by atoms with van der Waals surface area (Å²) in [6, 6.07) is 10.3. The number of H-pyrrole nitrogens is 2. The molecule has 11 amide bonds. The molecule has 6 aromatic rings. The number of primary amides is 1. The number of nitrogens with two attached hydrogens (primary N) is 1. The zero-order valence-corrected chi connectivity index (χ0v) is 56.1. The van der Waals surface area contributed by atoms with Gasteiger partial charge in [0.15, 0.2) is 0 Å². The van der Waals surface area contributed by atoms with Crippen molar-refractivity contribution in [1.29, 1.82) is 0 Å². The minimum atomic E-state index is -1.63. The van der Waals surface area contributed by atoms with Gasteiger partial charge in [0.25, 0.3) is 0 Å². The number of fused-ring (bicyclic) bond motifs is 6. The molecule has 4 aliphatic heterocycles. The standard InChI is InChI=1S/C68H87FN16O14S/c69-43-20-18-40(19-21-43)30-50-62(90)75-49(61(70)89)14-7-8-23-84-36-44(82-83-84)33-53(74-59(88)38-99-29-28-98-27-26-97-25-22-71-58(87)17-6-5-16-57-60-55(39-100-57)80-68(96)81-60)65(93)79-54(37-86)67(95)85-24-9-15-56(85)66(94)78-52(32-42-35-73-48-13-4-2-11-46(42)48)64(92)77-51(63(91)76-50)31-41-34-72-47-12-3-1-10-45(41)47/h1-4,10-13,18-21,34-36,49-57,60,72-73,86H,5-9,14-17,22-33,37-39H2,(H2,70,89)(H,71,87)(H,74,88)(H,75,90)(H,76,91)(H,77,92)(H,78,94)(H,79,93)(H2,80,81,96)/t49-,50+,51+,52+,53-,54+,55+,56+,57+,60+/m0/s1. The Labute approximate surface area is 579 Å². The lowest BCUT2D eigenvalue weighted by atomic mass is 10.00. The largest absolute Gasteiger partial charge is 0.394 e. The Kier molecular flexibility index (Phi) is 26.4. The van der Waals surface area contributed by atoms with Crippen molar-refractivity contribution in [2.24, 2.45) is 5.73 Å². The maximum absolute atomic E-state index is 15.2. The van der Waals surface area contributed by atoms with E-state index in [0.29, 0.717) is 54.2 Å². The van der Waals surface area contributed by atoms with Crippen LogP contribution in [0.5, 0.6) is 0 Å². The molecule has 30 nitrogen and oxygen atoms in total. The number of thioether (sulfide) groups is 1. The van der Waals surface area contributed by atoms with Crippen LogP contribution < -0.4 is 53.6 Å². The molecule has 2 bridgehead atoms. The number of benzene rings is 3. The fourth-order valence-corrected chi connectivity index (χ4v) is 14.4. The highest BCUT2D eigenvalue weighted by Crippen LogP contribution is 2.33. The summed E-state index contributed by atoms with van der Waals surface area (Å²) in [6.07, 6.45) is 8.26. The van der Waals surface area contributed by atoms with Crippen molar-refractivity contribution in [1.82, 2.24) is 77.7 Å². The van der Waals surface area contributed by atoms with Crippen molar-refractivity contribution in [2.45, 2.75) is 150 Å². The highest BCUT2D eigenvalue weighted by atomic mass is 32.2. The van der Waals surface area contributed by atoms with E-state index in [4.69, 9.17) is 19.9 Å². The van der Waals surface area contributed by atoms with Gasteiger partial charge in [-0.25, -0.2) is 9.18 Å². The molecule has 0 unspecified atom stereocenters. The van der Waals surface area contributed by atoms with Gasteiger partial charge in [-0.15, -0.1) is 5.10 Å². The molecule has 7 heterocycles. The summed E-state index contributed by atoms with van der Waals surface area (Å²) in [7, 11) is 0. The predicted molar refractivity (Wildman–Crippen MR) is 364 cm³/mol. The number of aromatic amines is 2. The van der Waals surface area contributed by atoms with Crippen LogP contribution >= 0.6 is 11.8 Å². The van der Waals surface area contributed by atoms with Gasteiger partial charge in [0.1, 0.15) is 54.7 Å². The number of aliphatic hydroxyl groups is 1. The lowest BCUT2D eigenvalue weighted by Crippen LogP contribution is -2.61. The van der Waals surface area contributed by atoms with Crippen molar-refractivity contribution in [2.75, 3.05) is 65.1 Å². The summed E-state index contributed by atoms with van der Waals surface area (Å²) >= 11 is 1.85. The fourth-order valence-electron chi connectivity index (χ4n) is 12.9. The number of carbonyl (C=O) groups is 10. The summed E-state index contributed by atoms with van der Waals surface area (Å²) in [4.78, 5) is 147. The number of aliphatic hydroxyl groups excluding tert-OH is 1. The highest BCUT2D eigenvalue weighted by molar-refractivity contribution is 8.00. The summed E-state index contributed by atoms with van der Waals surface area (Å²) in [5.74, 6) is -6.27. The lowest BCUT2D eigenvalue weighted by Gasteiger charge is -2.30. The van der Waals surface area contributed by atoms with Gasteiger partial charge < -0.3 is 87.8 Å². The number of carbonyl (C=O) groups excluding carboxylic acids is 10. The number of urea groups is 1. The molecule has 0 aliphatic carbocycles. The summed E-state index contributed by atoms with van der Waals surface area (Å²) in [5, 5.41) is 46.3. The second kappa shape index (κ2) is 36.0. The number of aryl methyl sites for hydroxylation is 1. The number of unbranched alkanes of at least 4 members (excludes halogenated alkanes) is 1. The van der Waals surface area contributed by atoms with Crippen LogP contribution in [0.1, 0.15) is 80.2 Å². The van der Waals surface area contributed by atoms with Gasteiger partial charge in [-0.1, -0.05) is 60.2 Å². The molecule has 0 radical (unpaired) electrons. The number of amides is 11. The van der Waals surface area contributed by atoms with E-state index in [1.165, 1.54) is 40.0 Å². The van der Waals surface area contributed by atoms with E-state index in [2.05, 4.69) is 68.1 Å². The average Bonchev–Trinajstić information content (AvgIpc) is 1.64. The van der Waals surface area contributed by atoms with Crippen LogP contribution in [0.2, 0.25) is 0 Å². The number of para-hydroxylation sites is 2. The number of hydrogen-bond acceptors (Lipinski definition) is 17. The van der Waals surface area contributed by atoms with Gasteiger partial charge in [-0.3, -0.25) is 47.8 Å². The quantitative estimate of drug-likeness (QED) is 0.0267. The smallest absolute Gasteiger partial charge is 0.315 e. The molecule has 0 saturated carbocycles. The van der Waals surface area contributed by atoms with Crippen LogP contribution in [0.3, 0.4) is 0 Å². The van der Waals surface area contributed by atoms with Crippen molar-refractivity contribution >= 4 is 92.8 Å². The number of hydrogen-bond donors (Lipinski definition) is 13. The van der Waals surface area contributed by atoms with Crippen LogP contribution in [0.25, 0.3) is 21.8 Å². The Bertz CT molecular complexity index is 3830. The molecular weight excluding hydrogens is 1320 g/mol. The third-order valence-electron chi connectivity index (χ3n) is 18.2. The monoisotopic (exact) mass is 1400 g/mol. The molecule has 10 rings (SSSR count). The molecule has 32 heteroatoms. The Hall–Kier alpha value is -9.50. The molecule has 3 fully saturated rings. The first-order valence-corrected chi connectivity index (χ1v) is 35.0. The van der Waals surface area contributed by atoms with Gasteiger partial charge in [-0.05, 0) is 85.9 Å². The predicted octanol–water partition coefficient (Wildman–Crippen LogP) is 0.103. The third-order valence-corrected chi connectivity index (χ3v) is 19.7. The Morgan fingerprint density at radius 3 is 1.97 bits per heavy atom. The van der Waals surface area contributed by atoms with Crippen LogP contribution in [0, 0.1) is 5.82 Å². The molecule has 3 aromatic heterocycles. The van der Waals surface area contributed by atoms with E-state index in [-0.39, 0.29) is 114 Å². The lowest BCUT2D eigenvalue weighted by molar-refractivity contribution is -0.143. The number of halogens is 1. The number of rotatable bonds is 25. The molecular formula is C68H87FN16O14S. The van der Waals surface area contributed by atoms with E-state index in [1.807, 2.05) is 60.3 Å². The van der Waals surface area contributed by atoms with Crippen LogP contribution in [0.4, 0.5) is 9.18 Å². The zero-order chi connectivity index (χ0) is 70.5. The molecule has 3 saturated heterocycles. The fraction of sp³-hybridized carbons (Fsp3) is 0.500. The van der Waals surface area contributed by atoms with E-state index in [1.54, 1.807) is 12.4 Å². The van der Waals surface area contributed by atoms with E-state index in [0.717, 1.165) is 46.8 Å². The molecule has 0 spiro atoms. The molecule has 100 heavy (non-hydrogen) atoms. The maximum Gasteiger partial charge on any atom is 0.315 e. The first-order chi connectivity index (χ1) is 48.5. The molecule has 14 N–H and O–H groups in total. The minimum absolute atomic E-state index is 0.0186. The van der Waals surface area contributed by atoms with Gasteiger partial charge in [-0.2, -0.15) is 11.8 Å². The van der Waals surface area contributed by atoms with Gasteiger partial charge in [0.2, 0.25) is 53.2 Å². The van der Waals surface area contributed by atoms with Crippen molar-refractivity contribution < 1.29 is 71.7 Å². The molecule has 3 aromatic carbocycles. The Balaban J connectivity index is 0.804. The van der Waals surface area contributed by atoms with Gasteiger partial charge >= 0.3 is 6.03 Å². The average molecular weight is 1400 g/mol. The maximum atomic E-state index is 15.2. The normalized spacial score (nSPS) is 23.7. The van der Waals surface area contributed by atoms with Crippen molar-refractivity contribution in [3.05, 3.63) is 120 Å². The number of ether oxygens (including phenoxy) is 3. The first-order valence-electron chi connectivity index (χ1n) is 33.9. The second-order valence-corrected chi connectivity index (χ2v) is 26.6. The van der Waals surface area contributed by atoms with Crippen LogP contribution in [-0.2, 0) is 89.6 Å². The highest BCUT2D eigenvalue weighted by Gasteiger charge is 2.43. The van der Waals surface area contributed by atoms with Crippen LogP contribution in [-0.4, -0.2) is 219 Å². The summed E-state index contributed by atoms with van der Waals surface area (Å²) in [6.45, 7) is -0.105. The summed E-state index contributed by atoms with van der Waals surface area (Å²) < 4.78 is 32.5. The number of nitrogens with zero attached hydrogens (tertiary/aromatic N) is 4. The Morgan fingerprint density at radius 1 is 0.660 bits per heavy atom. The van der Waals surface area contributed by atoms with Gasteiger partial charge in [0.05, 0.1) is 57.4 Å². The zero-order valence-electron chi connectivity index (χ0n) is 55.3. The number of nitrogens with one attached hydrogen (secondary N) is 11. The molecule has 536 valence electrons. The van der Waals surface area contributed by atoms with E-state index >= 15 is 9.59 Å². The number of aromatic nitrogens is 5.